The van der Waals surface area contributed by atoms with Gasteiger partial charge >= 0.3 is 0 Å². The first-order valence-corrected chi connectivity index (χ1v) is 6.59. The molecule has 102 valence electrons. The number of allylic oxidation sites excluding steroid dienone is 2. The molecule has 0 bridgehead atoms. The molecule has 0 fully saturated rings. The Kier molecular flexibility index (Phi) is 7.68. The average Bonchev–Trinajstić information content (AvgIpc) is 2.24. The molecule has 0 rings (SSSR count). The van der Waals surface area contributed by atoms with Gasteiger partial charge in [-0.15, -0.1) is 0 Å². The maximum atomic E-state index is 10.2. The van der Waals surface area contributed by atoms with Gasteiger partial charge in [-0.25, -0.2) is 0 Å². The molecule has 0 heterocycles. The molecular weight excluding hydrogens is 214 g/mol. The van der Waals surface area contributed by atoms with E-state index in [9.17, 15) is 10.2 Å². The highest BCUT2D eigenvalue weighted by atomic mass is 16.3. The van der Waals surface area contributed by atoms with Crippen molar-refractivity contribution in [2.75, 3.05) is 19.6 Å². The van der Waals surface area contributed by atoms with Crippen LogP contribution in [0.4, 0.5) is 0 Å². The van der Waals surface area contributed by atoms with E-state index in [1.165, 1.54) is 5.57 Å². The Morgan fingerprint density at radius 1 is 1.29 bits per heavy atom. The van der Waals surface area contributed by atoms with E-state index in [4.69, 9.17) is 0 Å². The van der Waals surface area contributed by atoms with Gasteiger partial charge in [0, 0.05) is 6.54 Å². The Hall–Kier alpha value is -0.380. The van der Waals surface area contributed by atoms with Gasteiger partial charge in [0.25, 0.3) is 0 Å². The standard InChI is InChI=1S/C14H29NO2/c1-6-15(7-2)11-13(16)14(5,17)10-8-9-12(3)4/h9,13,16-17H,6-8,10-11H2,1-5H3. The van der Waals surface area contributed by atoms with Crippen molar-refractivity contribution < 1.29 is 10.2 Å². The van der Waals surface area contributed by atoms with E-state index in [0.717, 1.165) is 19.5 Å². The predicted molar refractivity (Wildman–Crippen MR) is 73.1 cm³/mol. The number of aliphatic hydroxyl groups excluding tert-OH is 1. The summed E-state index contributed by atoms with van der Waals surface area (Å²) in [5, 5.41) is 20.3. The number of aliphatic hydroxyl groups is 2. The topological polar surface area (TPSA) is 43.7 Å². The van der Waals surface area contributed by atoms with Crippen LogP contribution in [0.15, 0.2) is 11.6 Å². The highest BCUT2D eigenvalue weighted by Gasteiger charge is 2.30. The largest absolute Gasteiger partial charge is 0.389 e. The van der Waals surface area contributed by atoms with Crippen LogP contribution in [0.3, 0.4) is 0 Å². The third kappa shape index (κ3) is 6.81. The fourth-order valence-corrected chi connectivity index (χ4v) is 1.74. The van der Waals surface area contributed by atoms with Crippen LogP contribution in [0.2, 0.25) is 0 Å². The predicted octanol–water partition coefficient (Wildman–Crippen LogP) is 2.19. The van der Waals surface area contributed by atoms with Crippen molar-refractivity contribution in [3.63, 3.8) is 0 Å². The number of rotatable bonds is 8. The molecule has 0 spiro atoms. The Morgan fingerprint density at radius 3 is 2.24 bits per heavy atom. The molecule has 0 aromatic rings. The molecule has 0 saturated heterocycles. The first-order chi connectivity index (χ1) is 7.83. The van der Waals surface area contributed by atoms with Gasteiger partial charge in [0.2, 0.25) is 0 Å². The Bertz CT molecular complexity index is 228. The zero-order valence-corrected chi connectivity index (χ0v) is 12.0. The van der Waals surface area contributed by atoms with Gasteiger partial charge in [-0.05, 0) is 46.7 Å². The van der Waals surface area contributed by atoms with E-state index in [2.05, 4.69) is 24.8 Å². The molecule has 3 heteroatoms. The highest BCUT2D eigenvalue weighted by molar-refractivity contribution is 4.95. The summed E-state index contributed by atoms with van der Waals surface area (Å²) in [7, 11) is 0. The molecule has 17 heavy (non-hydrogen) atoms. The van der Waals surface area contributed by atoms with Crippen LogP contribution >= 0.6 is 0 Å². The number of hydrogen-bond donors (Lipinski definition) is 2. The van der Waals surface area contributed by atoms with E-state index >= 15 is 0 Å². The minimum Gasteiger partial charge on any atom is -0.389 e. The number of likely N-dealkylation sites (N-methyl/N-ethyl adjacent to an activating group) is 1. The van der Waals surface area contributed by atoms with E-state index in [-0.39, 0.29) is 0 Å². The van der Waals surface area contributed by atoms with E-state index in [1.54, 1.807) is 6.92 Å². The van der Waals surface area contributed by atoms with Crippen molar-refractivity contribution in [2.24, 2.45) is 0 Å². The van der Waals surface area contributed by atoms with Crippen molar-refractivity contribution in [2.45, 2.75) is 59.2 Å². The van der Waals surface area contributed by atoms with Crippen molar-refractivity contribution in [1.29, 1.82) is 0 Å². The fraction of sp³-hybridized carbons (Fsp3) is 0.857. The van der Waals surface area contributed by atoms with Crippen LogP contribution in [-0.4, -0.2) is 46.5 Å². The van der Waals surface area contributed by atoms with Gasteiger partial charge in [-0.2, -0.15) is 0 Å². The summed E-state index contributed by atoms with van der Waals surface area (Å²) in [5.41, 5.74) is 0.244. The van der Waals surface area contributed by atoms with Gasteiger partial charge in [-0.1, -0.05) is 25.5 Å². The molecular formula is C14H29NO2. The summed E-state index contributed by atoms with van der Waals surface area (Å²) in [6, 6.07) is 0. The summed E-state index contributed by atoms with van der Waals surface area (Å²) < 4.78 is 0. The second-order valence-corrected chi connectivity index (χ2v) is 5.18. The molecule has 0 aliphatic heterocycles. The molecule has 0 aromatic heterocycles. The van der Waals surface area contributed by atoms with Crippen LogP contribution in [0, 0.1) is 0 Å². The van der Waals surface area contributed by atoms with Crippen molar-refractivity contribution in [1.82, 2.24) is 4.90 Å². The molecule has 0 aromatic carbocycles. The maximum Gasteiger partial charge on any atom is 0.0950 e. The highest BCUT2D eigenvalue weighted by Crippen LogP contribution is 2.19. The lowest BCUT2D eigenvalue weighted by Crippen LogP contribution is -2.46. The summed E-state index contributed by atoms with van der Waals surface area (Å²) in [6.45, 7) is 12.3. The Morgan fingerprint density at radius 2 is 1.82 bits per heavy atom. The summed E-state index contributed by atoms with van der Waals surface area (Å²) >= 11 is 0. The van der Waals surface area contributed by atoms with Crippen LogP contribution in [0.25, 0.3) is 0 Å². The normalized spacial score (nSPS) is 16.7. The lowest BCUT2D eigenvalue weighted by Gasteiger charge is -2.32. The quantitative estimate of drug-likeness (QED) is 0.642. The lowest BCUT2D eigenvalue weighted by atomic mass is 9.92. The monoisotopic (exact) mass is 243 g/mol. The van der Waals surface area contributed by atoms with Crippen LogP contribution in [0.5, 0.6) is 0 Å². The van der Waals surface area contributed by atoms with Crippen LogP contribution in [0.1, 0.15) is 47.5 Å². The van der Waals surface area contributed by atoms with Gasteiger partial charge in [0.15, 0.2) is 0 Å². The summed E-state index contributed by atoms with van der Waals surface area (Å²) in [4.78, 5) is 2.13. The second-order valence-electron chi connectivity index (χ2n) is 5.18. The second kappa shape index (κ2) is 7.85. The zero-order valence-electron chi connectivity index (χ0n) is 12.0. The molecule has 2 unspecified atom stereocenters. The Labute approximate surface area is 106 Å². The number of hydrogen-bond acceptors (Lipinski definition) is 3. The molecule has 0 amide bonds. The summed E-state index contributed by atoms with van der Waals surface area (Å²) in [5.74, 6) is 0. The van der Waals surface area contributed by atoms with Gasteiger partial charge in [0.05, 0.1) is 11.7 Å². The zero-order chi connectivity index (χ0) is 13.5. The third-order valence-corrected chi connectivity index (χ3v) is 3.25. The first kappa shape index (κ1) is 16.6. The molecule has 0 radical (unpaired) electrons. The third-order valence-electron chi connectivity index (χ3n) is 3.25. The van der Waals surface area contributed by atoms with E-state index < -0.39 is 11.7 Å². The van der Waals surface area contributed by atoms with E-state index in [0.29, 0.717) is 13.0 Å². The van der Waals surface area contributed by atoms with Crippen LogP contribution in [-0.2, 0) is 0 Å². The molecule has 3 nitrogen and oxygen atoms in total. The van der Waals surface area contributed by atoms with E-state index in [1.807, 2.05) is 13.8 Å². The Balaban J connectivity index is 4.23. The summed E-state index contributed by atoms with van der Waals surface area (Å²) in [6.07, 6.45) is 2.82. The van der Waals surface area contributed by atoms with Crippen molar-refractivity contribution in [3.8, 4) is 0 Å². The minimum absolute atomic E-state index is 0.537. The molecule has 0 aliphatic rings. The fourth-order valence-electron chi connectivity index (χ4n) is 1.74. The number of nitrogens with zero attached hydrogens (tertiary/aromatic N) is 1. The van der Waals surface area contributed by atoms with Gasteiger partial charge < -0.3 is 15.1 Å². The van der Waals surface area contributed by atoms with Crippen molar-refractivity contribution >= 4 is 0 Å². The molecule has 2 N–H and O–H groups in total. The molecule has 0 saturated carbocycles. The van der Waals surface area contributed by atoms with Gasteiger partial charge in [-0.3, -0.25) is 0 Å². The molecule has 0 aliphatic carbocycles. The smallest absolute Gasteiger partial charge is 0.0950 e. The van der Waals surface area contributed by atoms with Gasteiger partial charge in [0.1, 0.15) is 0 Å². The van der Waals surface area contributed by atoms with Crippen LogP contribution < -0.4 is 0 Å². The minimum atomic E-state index is -1.01. The first-order valence-electron chi connectivity index (χ1n) is 6.59. The SMILES string of the molecule is CCN(CC)CC(O)C(C)(O)CCC=C(C)C. The molecule has 2 atom stereocenters. The maximum absolute atomic E-state index is 10.2. The lowest BCUT2D eigenvalue weighted by molar-refractivity contribution is -0.0774. The van der Waals surface area contributed by atoms with Crippen molar-refractivity contribution in [3.05, 3.63) is 11.6 Å². The average molecular weight is 243 g/mol.